The number of carbonyl (C=O) groups is 3. The molecule has 6 saturated carbocycles. The number of allylic oxidation sites excluding steroid dienone is 1. The van der Waals surface area contributed by atoms with E-state index in [0.717, 1.165) is 25.0 Å². The Morgan fingerprint density at radius 1 is 1.12 bits per heavy atom. The highest BCUT2D eigenvalue weighted by molar-refractivity contribution is 5.98. The van der Waals surface area contributed by atoms with Crippen molar-refractivity contribution in [3.63, 3.8) is 0 Å². The van der Waals surface area contributed by atoms with Crippen LogP contribution in [0.4, 0.5) is 0 Å². The minimum Gasteiger partial charge on any atom is -0.301 e. The second kappa shape index (κ2) is 3.85. The topological polar surface area (TPSA) is 54.5 Å². The van der Waals surface area contributed by atoms with Gasteiger partial charge in [-0.2, -0.15) is 0 Å². The molecular formula is C21H25NO3. The van der Waals surface area contributed by atoms with Crippen molar-refractivity contribution in [1.82, 2.24) is 4.90 Å². The molecule has 0 amide bonds. The fraction of sp³-hybridized carbons (Fsp3) is 0.762. The molecule has 6 bridgehead atoms. The maximum atomic E-state index is 13.4. The van der Waals surface area contributed by atoms with Gasteiger partial charge in [-0.1, -0.05) is 19.1 Å². The molecule has 7 rings (SSSR count). The number of piperidine rings is 1. The van der Waals surface area contributed by atoms with Crippen LogP contribution in [0.2, 0.25) is 0 Å². The zero-order valence-corrected chi connectivity index (χ0v) is 15.0. The van der Waals surface area contributed by atoms with Gasteiger partial charge in [-0.15, -0.1) is 0 Å². The lowest BCUT2D eigenvalue weighted by Crippen LogP contribution is -2.69. The van der Waals surface area contributed by atoms with Gasteiger partial charge in [-0.3, -0.25) is 14.4 Å². The zero-order chi connectivity index (χ0) is 17.5. The first-order chi connectivity index (χ1) is 11.7. The van der Waals surface area contributed by atoms with Crippen molar-refractivity contribution in [2.45, 2.75) is 45.1 Å². The molecule has 4 nitrogen and oxygen atoms in total. The van der Waals surface area contributed by atoms with Gasteiger partial charge in [0.05, 0.1) is 0 Å². The molecule has 6 aliphatic carbocycles. The van der Waals surface area contributed by atoms with E-state index in [0.29, 0.717) is 42.5 Å². The highest BCUT2D eigenvalue weighted by Gasteiger charge is 2.83. The smallest absolute Gasteiger partial charge is 0.145 e. The number of hydrogen-bond acceptors (Lipinski definition) is 4. The summed E-state index contributed by atoms with van der Waals surface area (Å²) in [7, 11) is 2.13. The molecule has 0 radical (unpaired) electrons. The van der Waals surface area contributed by atoms with Crippen LogP contribution in [-0.4, -0.2) is 41.9 Å². The molecule has 132 valence electrons. The highest BCUT2D eigenvalue weighted by Crippen LogP contribution is 2.80. The van der Waals surface area contributed by atoms with Crippen LogP contribution in [0.1, 0.15) is 39.0 Å². The van der Waals surface area contributed by atoms with E-state index in [1.165, 1.54) is 0 Å². The number of nitrogens with zero attached hydrogens (tertiary/aromatic N) is 1. The lowest BCUT2D eigenvalue weighted by Gasteiger charge is -2.65. The molecule has 0 aromatic rings. The number of ketones is 3. The van der Waals surface area contributed by atoms with Crippen LogP contribution in [0.15, 0.2) is 12.2 Å². The molecule has 4 heteroatoms. The van der Waals surface area contributed by atoms with E-state index in [1.54, 1.807) is 0 Å². The molecule has 0 aromatic carbocycles. The van der Waals surface area contributed by atoms with Crippen molar-refractivity contribution in [2.24, 2.45) is 39.9 Å². The third-order valence-corrected chi connectivity index (χ3v) is 9.25. The van der Waals surface area contributed by atoms with Gasteiger partial charge >= 0.3 is 0 Å². The summed E-state index contributed by atoms with van der Waals surface area (Å²) in [5.74, 6) is 1.22. The monoisotopic (exact) mass is 339 g/mol. The number of carbonyl (C=O) groups excluding carboxylic acids is 3. The first-order valence-electron chi connectivity index (χ1n) is 9.71. The van der Waals surface area contributed by atoms with Crippen molar-refractivity contribution >= 4 is 17.3 Å². The molecule has 0 N–H and O–H groups in total. The zero-order valence-electron chi connectivity index (χ0n) is 15.0. The molecule has 1 aliphatic heterocycles. The molecule has 7 aliphatic rings. The minimum absolute atomic E-state index is 0.0256. The van der Waals surface area contributed by atoms with Crippen LogP contribution >= 0.6 is 0 Å². The lowest BCUT2D eigenvalue weighted by atomic mass is 9.39. The van der Waals surface area contributed by atoms with Gasteiger partial charge in [0, 0.05) is 55.0 Å². The summed E-state index contributed by atoms with van der Waals surface area (Å²) in [6, 6.07) is 0.0804. The van der Waals surface area contributed by atoms with E-state index in [-0.39, 0.29) is 40.0 Å². The molecule has 0 aromatic heterocycles. The third kappa shape index (κ3) is 1.27. The molecule has 7 fully saturated rings. The van der Waals surface area contributed by atoms with Crippen molar-refractivity contribution < 1.29 is 14.4 Å². The predicted molar refractivity (Wildman–Crippen MR) is 90.6 cm³/mol. The van der Waals surface area contributed by atoms with Crippen molar-refractivity contribution in [3.05, 3.63) is 12.2 Å². The fourth-order valence-corrected chi connectivity index (χ4v) is 9.39. The Kier molecular flexibility index (Phi) is 2.29. The first kappa shape index (κ1) is 14.8. The predicted octanol–water partition coefficient (Wildman–Crippen LogP) is 2.03. The minimum atomic E-state index is -0.289. The van der Waals surface area contributed by atoms with Crippen molar-refractivity contribution in [2.75, 3.05) is 13.6 Å². The molecule has 2 spiro atoms. The Morgan fingerprint density at radius 3 is 2.64 bits per heavy atom. The molecule has 8 atom stereocenters. The van der Waals surface area contributed by atoms with Crippen LogP contribution in [0.5, 0.6) is 0 Å². The average molecular weight is 339 g/mol. The third-order valence-electron chi connectivity index (χ3n) is 9.25. The summed E-state index contributed by atoms with van der Waals surface area (Å²) < 4.78 is 0. The molecule has 25 heavy (non-hydrogen) atoms. The summed E-state index contributed by atoms with van der Waals surface area (Å²) >= 11 is 0. The number of fused-ring (bicyclic) bond motifs is 1. The summed E-state index contributed by atoms with van der Waals surface area (Å²) in [6.07, 6.45) is 3.25. The maximum absolute atomic E-state index is 13.4. The van der Waals surface area contributed by atoms with Gasteiger partial charge in [0.1, 0.15) is 17.3 Å². The number of rotatable bonds is 0. The quantitative estimate of drug-likeness (QED) is 0.634. The first-order valence-corrected chi connectivity index (χ1v) is 9.71. The largest absolute Gasteiger partial charge is 0.301 e. The second-order valence-electron chi connectivity index (χ2n) is 10.4. The van der Waals surface area contributed by atoms with E-state index in [9.17, 15) is 14.4 Å². The van der Waals surface area contributed by atoms with Gasteiger partial charge < -0.3 is 4.90 Å². The number of likely N-dealkylation sites (tertiary alicyclic amines) is 1. The van der Waals surface area contributed by atoms with Crippen LogP contribution in [0.25, 0.3) is 0 Å². The normalized spacial score (nSPS) is 58.9. The van der Waals surface area contributed by atoms with Crippen LogP contribution < -0.4 is 0 Å². The standard InChI is InChI=1S/C21H25NO3/c1-10-5-20-8-13(24)17-19(2)6-11(23)7-21(17)14(20)4-12(10)16(25)15(20)18(21)22(3)9-19/h12,14-15,17-18H,1,4-9H2,2-3H3/t12-,14+,15+,17-,18+,19-,20+,21+/m0/s1. The van der Waals surface area contributed by atoms with Crippen LogP contribution in [-0.2, 0) is 14.4 Å². The molecule has 1 heterocycles. The summed E-state index contributed by atoms with van der Waals surface area (Å²) in [6.45, 7) is 7.13. The second-order valence-corrected chi connectivity index (χ2v) is 10.4. The van der Waals surface area contributed by atoms with E-state index < -0.39 is 0 Å². The fourth-order valence-electron chi connectivity index (χ4n) is 9.39. The Morgan fingerprint density at radius 2 is 1.88 bits per heavy atom. The van der Waals surface area contributed by atoms with E-state index in [4.69, 9.17) is 0 Å². The van der Waals surface area contributed by atoms with Gasteiger partial charge in [0.2, 0.25) is 0 Å². The van der Waals surface area contributed by atoms with Gasteiger partial charge in [0.15, 0.2) is 0 Å². The highest BCUT2D eigenvalue weighted by atomic mass is 16.1. The van der Waals surface area contributed by atoms with Gasteiger partial charge in [0.25, 0.3) is 0 Å². The Labute approximate surface area is 148 Å². The molecular weight excluding hydrogens is 314 g/mol. The van der Waals surface area contributed by atoms with Crippen molar-refractivity contribution in [1.29, 1.82) is 0 Å². The Balaban J connectivity index is 1.68. The maximum Gasteiger partial charge on any atom is 0.145 e. The molecule has 1 saturated heterocycles. The van der Waals surface area contributed by atoms with Crippen LogP contribution in [0.3, 0.4) is 0 Å². The summed E-state index contributed by atoms with van der Waals surface area (Å²) in [4.78, 5) is 42.0. The summed E-state index contributed by atoms with van der Waals surface area (Å²) in [5, 5.41) is 0. The Hall–Kier alpha value is -1.29. The van der Waals surface area contributed by atoms with Crippen LogP contribution in [0, 0.1) is 39.9 Å². The van der Waals surface area contributed by atoms with E-state index >= 15 is 0 Å². The van der Waals surface area contributed by atoms with E-state index in [2.05, 4.69) is 25.5 Å². The number of hydrogen-bond donors (Lipinski definition) is 0. The number of Topliss-reactive ketones (excluding diaryl/α,β-unsaturated/α-hetero) is 3. The average Bonchev–Trinajstić information content (AvgIpc) is 2.57. The summed E-state index contributed by atoms with van der Waals surface area (Å²) in [5.41, 5.74) is 0.266. The Bertz CT molecular complexity index is 801. The van der Waals surface area contributed by atoms with Gasteiger partial charge in [-0.25, -0.2) is 0 Å². The van der Waals surface area contributed by atoms with Gasteiger partial charge in [-0.05, 0) is 36.6 Å². The SMILES string of the molecule is C=C1C[C@@]23CC(=O)[C@H]4[C@@]5(C)CC(=O)C[C@@]46[C@@H]2C[C@@H]1C(=O)[C@@H]3[C@H]6N(C)C5. The van der Waals surface area contributed by atoms with Crippen molar-refractivity contribution in [3.8, 4) is 0 Å². The lowest BCUT2D eigenvalue weighted by molar-refractivity contribution is -0.186. The van der Waals surface area contributed by atoms with E-state index in [1.807, 2.05) is 0 Å². The molecule has 0 unspecified atom stereocenters.